The quantitative estimate of drug-likeness (QED) is 0.819. The first-order chi connectivity index (χ1) is 8.18. The summed E-state index contributed by atoms with van der Waals surface area (Å²) in [4.78, 5) is 16.0. The maximum atomic E-state index is 12.0. The van der Waals surface area contributed by atoms with E-state index < -0.39 is 0 Å². The Morgan fingerprint density at radius 1 is 1.41 bits per heavy atom. The first kappa shape index (κ1) is 12.0. The molecule has 4 nitrogen and oxygen atoms in total. The lowest BCUT2D eigenvalue weighted by molar-refractivity contribution is -0.127. The number of nitrogens with one attached hydrogen (secondary N) is 2. The van der Waals surface area contributed by atoms with Crippen LogP contribution in [0.15, 0.2) is 24.5 Å². The molecule has 1 aliphatic rings. The zero-order valence-electron chi connectivity index (χ0n) is 10.3. The van der Waals surface area contributed by atoms with Gasteiger partial charge in [0.2, 0.25) is 5.91 Å². The number of pyridine rings is 1. The molecule has 0 radical (unpaired) electrons. The number of amides is 1. The minimum absolute atomic E-state index is 0.0426. The molecule has 1 fully saturated rings. The molecular formula is C13H19N3O. The minimum atomic E-state index is 0.0426. The van der Waals surface area contributed by atoms with Crippen LogP contribution in [0.3, 0.4) is 0 Å². The summed E-state index contributed by atoms with van der Waals surface area (Å²) in [7, 11) is 0. The van der Waals surface area contributed by atoms with Crippen molar-refractivity contribution in [3.8, 4) is 0 Å². The molecule has 0 aliphatic carbocycles. The lowest BCUT2D eigenvalue weighted by Crippen LogP contribution is -2.49. The van der Waals surface area contributed by atoms with Gasteiger partial charge < -0.3 is 10.6 Å². The summed E-state index contributed by atoms with van der Waals surface area (Å²) in [5.41, 5.74) is 1.09. The lowest BCUT2D eigenvalue weighted by atomic mass is 9.88. The van der Waals surface area contributed by atoms with Gasteiger partial charge in [0.25, 0.3) is 0 Å². The zero-order valence-corrected chi connectivity index (χ0v) is 10.3. The highest BCUT2D eigenvalue weighted by molar-refractivity contribution is 5.79. The number of aromatic nitrogens is 1. The second-order valence-corrected chi connectivity index (χ2v) is 4.72. The third-order valence-corrected chi connectivity index (χ3v) is 3.50. The molecule has 0 spiro atoms. The fourth-order valence-corrected chi connectivity index (χ4v) is 1.96. The first-order valence-corrected chi connectivity index (χ1v) is 6.09. The number of carbonyl (C=O) groups is 1. The van der Waals surface area contributed by atoms with E-state index in [0.717, 1.165) is 18.7 Å². The minimum Gasteiger partial charge on any atom is -0.349 e. The van der Waals surface area contributed by atoms with Gasteiger partial charge in [-0.05, 0) is 43.6 Å². The summed E-state index contributed by atoms with van der Waals surface area (Å²) in [5.74, 6) is 0.709. The van der Waals surface area contributed by atoms with E-state index in [1.807, 2.05) is 26.0 Å². The van der Waals surface area contributed by atoms with Crippen molar-refractivity contribution in [2.75, 3.05) is 13.1 Å². The predicted molar refractivity (Wildman–Crippen MR) is 66.3 cm³/mol. The normalized spacial score (nSPS) is 19.2. The van der Waals surface area contributed by atoms with Crippen LogP contribution in [0.4, 0.5) is 0 Å². The summed E-state index contributed by atoms with van der Waals surface area (Å²) in [6, 6.07) is 3.90. The second kappa shape index (κ2) is 5.27. The molecule has 2 heterocycles. The van der Waals surface area contributed by atoms with E-state index in [9.17, 15) is 4.79 Å². The average Bonchev–Trinajstić information content (AvgIpc) is 2.27. The Bertz CT molecular complexity index is 376. The van der Waals surface area contributed by atoms with Crippen molar-refractivity contribution >= 4 is 5.91 Å². The molecule has 2 atom stereocenters. The van der Waals surface area contributed by atoms with Gasteiger partial charge in [0, 0.05) is 18.3 Å². The van der Waals surface area contributed by atoms with Crippen LogP contribution in [-0.4, -0.2) is 24.0 Å². The van der Waals surface area contributed by atoms with Gasteiger partial charge in [-0.25, -0.2) is 0 Å². The van der Waals surface area contributed by atoms with Crippen LogP contribution >= 0.6 is 0 Å². The van der Waals surface area contributed by atoms with Crippen molar-refractivity contribution in [2.45, 2.75) is 19.9 Å². The van der Waals surface area contributed by atoms with Gasteiger partial charge in [0.1, 0.15) is 0 Å². The van der Waals surface area contributed by atoms with E-state index in [2.05, 4.69) is 15.6 Å². The Morgan fingerprint density at radius 3 is 2.59 bits per heavy atom. The molecule has 1 aliphatic heterocycles. The summed E-state index contributed by atoms with van der Waals surface area (Å²) < 4.78 is 0. The van der Waals surface area contributed by atoms with Crippen molar-refractivity contribution in [1.82, 2.24) is 15.6 Å². The second-order valence-electron chi connectivity index (χ2n) is 4.72. The fourth-order valence-electron chi connectivity index (χ4n) is 1.96. The van der Waals surface area contributed by atoms with Crippen molar-refractivity contribution in [3.05, 3.63) is 30.1 Å². The van der Waals surface area contributed by atoms with Crippen LogP contribution in [0.25, 0.3) is 0 Å². The lowest BCUT2D eigenvalue weighted by Gasteiger charge is -2.32. The van der Waals surface area contributed by atoms with Crippen molar-refractivity contribution in [3.63, 3.8) is 0 Å². The van der Waals surface area contributed by atoms with E-state index in [4.69, 9.17) is 0 Å². The molecule has 1 aromatic heterocycles. The van der Waals surface area contributed by atoms with E-state index in [1.54, 1.807) is 12.4 Å². The summed E-state index contributed by atoms with van der Waals surface area (Å²) in [6.07, 6.45) is 3.49. The molecule has 92 valence electrons. The van der Waals surface area contributed by atoms with Crippen molar-refractivity contribution in [1.29, 1.82) is 0 Å². The molecule has 1 saturated heterocycles. The maximum absolute atomic E-state index is 12.0. The number of hydrogen-bond donors (Lipinski definition) is 2. The molecule has 1 aromatic rings. The van der Waals surface area contributed by atoms with Crippen LogP contribution < -0.4 is 10.6 Å². The van der Waals surface area contributed by atoms with Gasteiger partial charge in [0.15, 0.2) is 0 Å². The molecule has 1 unspecified atom stereocenters. The van der Waals surface area contributed by atoms with Crippen LogP contribution in [-0.2, 0) is 4.79 Å². The third-order valence-electron chi connectivity index (χ3n) is 3.50. The Labute approximate surface area is 102 Å². The molecule has 2 N–H and O–H groups in total. The fraction of sp³-hybridized carbons (Fsp3) is 0.538. The highest BCUT2D eigenvalue weighted by atomic mass is 16.1. The smallest absolute Gasteiger partial charge is 0.223 e. The van der Waals surface area contributed by atoms with Gasteiger partial charge in [-0.3, -0.25) is 9.78 Å². The average molecular weight is 233 g/mol. The Morgan fingerprint density at radius 2 is 2.06 bits per heavy atom. The van der Waals surface area contributed by atoms with Crippen LogP contribution in [0.1, 0.15) is 25.5 Å². The predicted octanol–water partition coefficient (Wildman–Crippen LogP) is 1.11. The Kier molecular flexibility index (Phi) is 3.74. The third kappa shape index (κ3) is 2.82. The van der Waals surface area contributed by atoms with Gasteiger partial charge >= 0.3 is 0 Å². The number of rotatable bonds is 4. The van der Waals surface area contributed by atoms with Crippen molar-refractivity contribution < 1.29 is 4.79 Å². The molecule has 0 bridgehead atoms. The first-order valence-electron chi connectivity index (χ1n) is 6.09. The Hall–Kier alpha value is -1.42. The van der Waals surface area contributed by atoms with Gasteiger partial charge in [-0.15, -0.1) is 0 Å². The molecule has 0 saturated carbocycles. The van der Waals surface area contributed by atoms with Crippen LogP contribution in [0, 0.1) is 11.8 Å². The van der Waals surface area contributed by atoms with E-state index >= 15 is 0 Å². The summed E-state index contributed by atoms with van der Waals surface area (Å²) >= 11 is 0. The summed E-state index contributed by atoms with van der Waals surface area (Å²) in [5, 5.41) is 6.24. The molecule has 0 aromatic carbocycles. The highest BCUT2D eigenvalue weighted by Crippen LogP contribution is 2.18. The van der Waals surface area contributed by atoms with E-state index in [0.29, 0.717) is 5.92 Å². The zero-order chi connectivity index (χ0) is 12.3. The molecule has 17 heavy (non-hydrogen) atoms. The largest absolute Gasteiger partial charge is 0.349 e. The van der Waals surface area contributed by atoms with Gasteiger partial charge in [-0.1, -0.05) is 6.92 Å². The van der Waals surface area contributed by atoms with Crippen molar-refractivity contribution in [2.24, 2.45) is 11.8 Å². The van der Waals surface area contributed by atoms with Gasteiger partial charge in [-0.2, -0.15) is 0 Å². The Balaban J connectivity index is 1.89. The maximum Gasteiger partial charge on any atom is 0.223 e. The molecule has 1 amide bonds. The van der Waals surface area contributed by atoms with E-state index in [-0.39, 0.29) is 17.9 Å². The van der Waals surface area contributed by atoms with E-state index in [1.165, 1.54) is 0 Å². The SMILES string of the molecule is CC(C(=O)N[C@H](C)c1ccncc1)C1CNC1. The highest BCUT2D eigenvalue weighted by Gasteiger charge is 2.29. The monoisotopic (exact) mass is 233 g/mol. The number of hydrogen-bond acceptors (Lipinski definition) is 3. The molecule has 2 rings (SSSR count). The molecule has 4 heteroatoms. The number of carbonyl (C=O) groups excluding carboxylic acids is 1. The van der Waals surface area contributed by atoms with Crippen LogP contribution in [0.2, 0.25) is 0 Å². The van der Waals surface area contributed by atoms with Gasteiger partial charge in [0.05, 0.1) is 6.04 Å². The van der Waals surface area contributed by atoms with Crippen LogP contribution in [0.5, 0.6) is 0 Å². The standard InChI is InChI=1S/C13H19N3O/c1-9(12-7-15-8-12)13(17)16-10(2)11-3-5-14-6-4-11/h3-6,9-10,12,15H,7-8H2,1-2H3,(H,16,17)/t9?,10-/m1/s1. The molecular weight excluding hydrogens is 214 g/mol. The summed E-state index contributed by atoms with van der Waals surface area (Å²) in [6.45, 7) is 5.91. The number of nitrogens with zero attached hydrogens (tertiary/aromatic N) is 1. The topological polar surface area (TPSA) is 54.0 Å².